The molecular weight excluding hydrogens is 386 g/mol. The number of aromatic nitrogens is 2. The molecule has 1 heterocycles. The highest BCUT2D eigenvalue weighted by atomic mass is 16.5. The van der Waals surface area contributed by atoms with Crippen molar-refractivity contribution < 1.29 is 9.53 Å². The number of rotatable bonds is 7. The average molecular weight is 418 g/mol. The van der Waals surface area contributed by atoms with Gasteiger partial charge >= 0.3 is 0 Å². The van der Waals surface area contributed by atoms with Crippen LogP contribution in [0.15, 0.2) is 54.6 Å². The lowest BCUT2D eigenvalue weighted by atomic mass is 9.89. The predicted molar refractivity (Wildman–Crippen MR) is 123 cm³/mol. The Hall–Kier alpha value is -3.08. The Balaban J connectivity index is 1.46. The van der Waals surface area contributed by atoms with Crippen LogP contribution >= 0.6 is 0 Å². The Kier molecular flexibility index (Phi) is 6.70. The molecule has 1 saturated carbocycles. The maximum atomic E-state index is 12.6. The lowest BCUT2D eigenvalue weighted by molar-refractivity contribution is -0.120. The molecule has 31 heavy (non-hydrogen) atoms. The number of hydrogen-bond donors (Lipinski definition) is 1. The molecule has 5 nitrogen and oxygen atoms in total. The summed E-state index contributed by atoms with van der Waals surface area (Å²) in [6.07, 6.45) is 5.49. The molecule has 0 unspecified atom stereocenters. The molecule has 0 saturated heterocycles. The second-order valence-electron chi connectivity index (χ2n) is 8.54. The van der Waals surface area contributed by atoms with Crippen LogP contribution in [0.5, 0.6) is 5.75 Å². The zero-order valence-electron chi connectivity index (χ0n) is 18.4. The van der Waals surface area contributed by atoms with Crippen molar-refractivity contribution in [2.75, 3.05) is 5.32 Å². The molecular formula is C26H31N3O2. The van der Waals surface area contributed by atoms with E-state index in [9.17, 15) is 4.79 Å². The van der Waals surface area contributed by atoms with Crippen LogP contribution in [0, 0.1) is 19.8 Å². The lowest BCUT2D eigenvalue weighted by Gasteiger charge is -2.20. The summed E-state index contributed by atoms with van der Waals surface area (Å²) in [5, 5.41) is 7.69. The maximum Gasteiger partial charge on any atom is 0.228 e. The summed E-state index contributed by atoms with van der Waals surface area (Å²) in [6, 6.07) is 18.3. The average Bonchev–Trinajstić information content (AvgIpc) is 3.13. The number of anilines is 1. The monoisotopic (exact) mass is 417 g/mol. The summed E-state index contributed by atoms with van der Waals surface area (Å²) < 4.78 is 8.06. The quantitative estimate of drug-likeness (QED) is 0.541. The van der Waals surface area contributed by atoms with Crippen LogP contribution in [0.2, 0.25) is 0 Å². The highest BCUT2D eigenvalue weighted by Crippen LogP contribution is 2.26. The van der Waals surface area contributed by atoms with E-state index in [-0.39, 0.29) is 11.8 Å². The van der Waals surface area contributed by atoms with Gasteiger partial charge in [-0.05, 0) is 38.3 Å². The van der Waals surface area contributed by atoms with Crippen molar-refractivity contribution in [3.8, 4) is 5.75 Å². The summed E-state index contributed by atoms with van der Waals surface area (Å²) in [5.74, 6) is 1.71. The van der Waals surface area contributed by atoms with Gasteiger partial charge in [-0.1, -0.05) is 67.3 Å². The zero-order chi connectivity index (χ0) is 21.6. The van der Waals surface area contributed by atoms with Gasteiger partial charge in [-0.15, -0.1) is 0 Å². The molecule has 1 aliphatic rings. The minimum absolute atomic E-state index is 0.104. The number of carbonyl (C=O) groups excluding carboxylic acids is 1. The molecule has 0 spiro atoms. The topological polar surface area (TPSA) is 56.1 Å². The third-order valence-corrected chi connectivity index (χ3v) is 5.98. The van der Waals surface area contributed by atoms with Gasteiger partial charge in [-0.2, -0.15) is 5.10 Å². The van der Waals surface area contributed by atoms with Crippen molar-refractivity contribution >= 4 is 11.7 Å². The highest BCUT2D eigenvalue weighted by molar-refractivity contribution is 5.91. The summed E-state index contributed by atoms with van der Waals surface area (Å²) in [7, 11) is 0. The van der Waals surface area contributed by atoms with Gasteiger partial charge in [0, 0.05) is 23.2 Å². The molecule has 5 heteroatoms. The van der Waals surface area contributed by atoms with Crippen LogP contribution in [-0.2, 0) is 17.9 Å². The molecule has 162 valence electrons. The van der Waals surface area contributed by atoms with Crippen LogP contribution in [-0.4, -0.2) is 15.7 Å². The van der Waals surface area contributed by atoms with E-state index in [2.05, 4.69) is 41.6 Å². The molecule has 1 fully saturated rings. The first kappa shape index (κ1) is 21.2. The second-order valence-corrected chi connectivity index (χ2v) is 8.54. The van der Waals surface area contributed by atoms with Crippen LogP contribution in [0.3, 0.4) is 0 Å². The molecule has 0 aliphatic heterocycles. The van der Waals surface area contributed by atoms with Gasteiger partial charge < -0.3 is 10.1 Å². The summed E-state index contributed by atoms with van der Waals surface area (Å²) in [4.78, 5) is 12.6. The number of hydrogen-bond acceptors (Lipinski definition) is 3. The molecule has 1 N–H and O–H groups in total. The van der Waals surface area contributed by atoms with Crippen LogP contribution in [0.4, 0.5) is 5.82 Å². The lowest BCUT2D eigenvalue weighted by Crippen LogP contribution is -2.25. The third kappa shape index (κ3) is 5.54. The van der Waals surface area contributed by atoms with E-state index in [0.29, 0.717) is 19.0 Å². The fourth-order valence-electron chi connectivity index (χ4n) is 4.19. The minimum atomic E-state index is 0.104. The zero-order valence-corrected chi connectivity index (χ0v) is 18.4. The summed E-state index contributed by atoms with van der Waals surface area (Å²) in [5.41, 5.74) is 4.40. The van der Waals surface area contributed by atoms with E-state index in [1.54, 1.807) is 0 Å². The van der Waals surface area contributed by atoms with Gasteiger partial charge in [0.15, 0.2) is 5.82 Å². The Morgan fingerprint density at radius 3 is 2.61 bits per heavy atom. The maximum absolute atomic E-state index is 12.6. The molecule has 2 aromatic carbocycles. The van der Waals surface area contributed by atoms with Gasteiger partial charge in [0.05, 0.1) is 6.54 Å². The van der Waals surface area contributed by atoms with E-state index in [1.165, 1.54) is 12.0 Å². The molecule has 0 radical (unpaired) electrons. The van der Waals surface area contributed by atoms with Crippen molar-refractivity contribution in [1.29, 1.82) is 0 Å². The first-order valence-electron chi connectivity index (χ1n) is 11.2. The molecule has 1 amide bonds. The fourth-order valence-corrected chi connectivity index (χ4v) is 4.19. The number of carbonyl (C=O) groups is 1. The SMILES string of the molecule is Cc1ccc(OCc2ccccc2)c(Cn2nc(NC(=O)C3CCCCC3)cc2C)c1. The van der Waals surface area contributed by atoms with Gasteiger partial charge in [-0.3, -0.25) is 9.48 Å². The van der Waals surface area contributed by atoms with E-state index in [1.807, 2.05) is 41.9 Å². The van der Waals surface area contributed by atoms with E-state index in [0.717, 1.165) is 48.3 Å². The minimum Gasteiger partial charge on any atom is -0.489 e. The number of benzene rings is 2. The number of amides is 1. The van der Waals surface area contributed by atoms with E-state index >= 15 is 0 Å². The Morgan fingerprint density at radius 1 is 1.06 bits per heavy atom. The molecule has 1 aliphatic carbocycles. The fraction of sp³-hybridized carbons (Fsp3) is 0.385. The van der Waals surface area contributed by atoms with Crippen molar-refractivity contribution in [2.24, 2.45) is 5.92 Å². The number of nitrogens with one attached hydrogen (secondary N) is 1. The van der Waals surface area contributed by atoms with Gasteiger partial charge in [0.25, 0.3) is 0 Å². The van der Waals surface area contributed by atoms with E-state index < -0.39 is 0 Å². The molecule has 0 bridgehead atoms. The van der Waals surface area contributed by atoms with Crippen molar-refractivity contribution in [3.05, 3.63) is 77.0 Å². The van der Waals surface area contributed by atoms with Crippen molar-refractivity contribution in [1.82, 2.24) is 9.78 Å². The summed E-state index contributed by atoms with van der Waals surface area (Å²) in [6.45, 7) is 5.22. The van der Waals surface area contributed by atoms with E-state index in [4.69, 9.17) is 4.74 Å². The molecule has 3 aromatic rings. The molecule has 1 aromatic heterocycles. The standard InChI is InChI=1S/C26H31N3O2/c1-19-13-14-24(31-18-21-9-5-3-6-10-21)23(15-19)17-29-20(2)16-25(28-29)27-26(30)22-11-7-4-8-12-22/h3,5-6,9-10,13-16,22H,4,7-8,11-12,17-18H2,1-2H3,(H,27,28,30). The largest absolute Gasteiger partial charge is 0.489 e. The van der Waals surface area contributed by atoms with Crippen molar-refractivity contribution in [3.63, 3.8) is 0 Å². The van der Waals surface area contributed by atoms with Gasteiger partial charge in [0.1, 0.15) is 12.4 Å². The van der Waals surface area contributed by atoms with Crippen LogP contribution < -0.4 is 10.1 Å². The Bertz CT molecular complexity index is 1020. The summed E-state index contributed by atoms with van der Waals surface area (Å²) >= 11 is 0. The number of aryl methyl sites for hydroxylation is 2. The molecule has 0 atom stereocenters. The normalized spacial score (nSPS) is 14.4. The first-order valence-corrected chi connectivity index (χ1v) is 11.2. The van der Waals surface area contributed by atoms with Gasteiger partial charge in [0.2, 0.25) is 5.91 Å². The third-order valence-electron chi connectivity index (χ3n) is 5.98. The van der Waals surface area contributed by atoms with Crippen molar-refractivity contribution in [2.45, 2.75) is 59.1 Å². The Morgan fingerprint density at radius 2 is 1.84 bits per heavy atom. The highest BCUT2D eigenvalue weighted by Gasteiger charge is 2.22. The van der Waals surface area contributed by atoms with Crippen LogP contribution in [0.1, 0.15) is 54.5 Å². The second kappa shape index (κ2) is 9.82. The number of ether oxygens (including phenoxy) is 1. The Labute approximate surface area is 184 Å². The molecule has 4 rings (SSSR count). The number of nitrogens with zero attached hydrogens (tertiary/aromatic N) is 2. The van der Waals surface area contributed by atoms with Crippen LogP contribution in [0.25, 0.3) is 0 Å². The smallest absolute Gasteiger partial charge is 0.228 e. The predicted octanol–water partition coefficient (Wildman–Crippen LogP) is 5.65. The van der Waals surface area contributed by atoms with Gasteiger partial charge in [-0.25, -0.2) is 0 Å². The first-order chi connectivity index (χ1) is 15.1.